The maximum absolute atomic E-state index is 10.6. The van der Waals surface area contributed by atoms with Crippen LogP contribution in [0.15, 0.2) is 62.7 Å². The van der Waals surface area contributed by atoms with Crippen molar-refractivity contribution in [2.45, 2.75) is 6.92 Å². The number of hydrogen-bond donors (Lipinski definition) is 1. The van der Waals surface area contributed by atoms with E-state index in [9.17, 15) is 10.1 Å². The first kappa shape index (κ1) is 16.8. The molecule has 3 aromatic rings. The standard InChI is InChI=1S/C17H13BrN4O3/c1-11-2-5-14(15(18)8-11)16-6-4-13(25-16)10-20-21-17-7-3-12(9-19-17)22(23)24/h2-10H,1H3,(H,19,21)/b20-10-. The number of pyridine rings is 1. The maximum atomic E-state index is 10.6. The third-order valence-electron chi connectivity index (χ3n) is 3.35. The van der Waals surface area contributed by atoms with Gasteiger partial charge in [-0.2, -0.15) is 5.10 Å². The highest BCUT2D eigenvalue weighted by Crippen LogP contribution is 2.30. The lowest BCUT2D eigenvalue weighted by Crippen LogP contribution is -1.94. The molecule has 1 N–H and O–H groups in total. The lowest BCUT2D eigenvalue weighted by atomic mass is 10.1. The maximum Gasteiger partial charge on any atom is 0.287 e. The van der Waals surface area contributed by atoms with Gasteiger partial charge in [0.05, 0.1) is 11.1 Å². The summed E-state index contributed by atoms with van der Waals surface area (Å²) in [6.45, 7) is 2.02. The summed E-state index contributed by atoms with van der Waals surface area (Å²) in [5.74, 6) is 1.69. The molecule has 0 saturated heterocycles. The number of anilines is 1. The van der Waals surface area contributed by atoms with Crippen LogP contribution in [0.2, 0.25) is 0 Å². The third kappa shape index (κ3) is 4.10. The van der Waals surface area contributed by atoms with Gasteiger partial charge in [-0.1, -0.05) is 22.0 Å². The van der Waals surface area contributed by atoms with Crippen LogP contribution < -0.4 is 5.43 Å². The van der Waals surface area contributed by atoms with Crippen molar-refractivity contribution < 1.29 is 9.34 Å². The number of halogens is 1. The number of furan rings is 1. The molecular formula is C17H13BrN4O3. The van der Waals surface area contributed by atoms with Crippen LogP contribution in [-0.4, -0.2) is 16.1 Å². The molecule has 0 atom stereocenters. The fraction of sp³-hybridized carbons (Fsp3) is 0.0588. The second-order valence-corrected chi connectivity index (χ2v) is 6.07. The smallest absolute Gasteiger partial charge is 0.287 e. The van der Waals surface area contributed by atoms with Gasteiger partial charge in [0.1, 0.15) is 23.5 Å². The Labute approximate surface area is 151 Å². The average Bonchev–Trinajstić information content (AvgIpc) is 3.04. The molecule has 3 rings (SSSR count). The molecule has 2 heterocycles. The summed E-state index contributed by atoms with van der Waals surface area (Å²) in [5, 5.41) is 14.6. The number of aryl methyl sites for hydroxylation is 1. The predicted molar refractivity (Wildman–Crippen MR) is 98.7 cm³/mol. The molecule has 0 aliphatic rings. The van der Waals surface area contributed by atoms with Crippen molar-refractivity contribution in [3.63, 3.8) is 0 Å². The van der Waals surface area contributed by atoms with Gasteiger partial charge >= 0.3 is 0 Å². The fourth-order valence-electron chi connectivity index (χ4n) is 2.11. The summed E-state index contributed by atoms with van der Waals surface area (Å²) in [4.78, 5) is 14.0. The van der Waals surface area contributed by atoms with Gasteiger partial charge in [-0.3, -0.25) is 15.5 Å². The van der Waals surface area contributed by atoms with E-state index >= 15 is 0 Å². The number of nitro groups is 1. The minimum absolute atomic E-state index is 0.0751. The highest BCUT2D eigenvalue weighted by molar-refractivity contribution is 9.10. The van der Waals surface area contributed by atoms with E-state index in [1.54, 1.807) is 6.07 Å². The van der Waals surface area contributed by atoms with Crippen LogP contribution >= 0.6 is 15.9 Å². The Kier molecular flexibility index (Phi) is 4.90. The molecule has 0 aliphatic carbocycles. The Hall–Kier alpha value is -3.00. The van der Waals surface area contributed by atoms with Crippen molar-refractivity contribution in [1.82, 2.24) is 4.98 Å². The number of hydrogen-bond acceptors (Lipinski definition) is 6. The van der Waals surface area contributed by atoms with E-state index in [0.29, 0.717) is 11.6 Å². The zero-order valence-corrected chi connectivity index (χ0v) is 14.7. The van der Waals surface area contributed by atoms with E-state index in [0.717, 1.165) is 27.6 Å². The number of hydrazone groups is 1. The van der Waals surface area contributed by atoms with Crippen molar-refractivity contribution in [3.8, 4) is 11.3 Å². The molecule has 0 saturated carbocycles. The van der Waals surface area contributed by atoms with E-state index in [1.807, 2.05) is 31.2 Å². The molecule has 126 valence electrons. The zero-order valence-electron chi connectivity index (χ0n) is 13.1. The molecule has 1 aromatic carbocycles. The van der Waals surface area contributed by atoms with E-state index in [-0.39, 0.29) is 5.69 Å². The Balaban J connectivity index is 1.68. The summed E-state index contributed by atoms with van der Waals surface area (Å²) >= 11 is 3.53. The van der Waals surface area contributed by atoms with Crippen molar-refractivity contribution in [2.24, 2.45) is 5.10 Å². The van der Waals surface area contributed by atoms with E-state index in [2.05, 4.69) is 31.4 Å². The van der Waals surface area contributed by atoms with E-state index in [4.69, 9.17) is 4.42 Å². The molecule has 0 amide bonds. The van der Waals surface area contributed by atoms with Crippen LogP contribution in [0.25, 0.3) is 11.3 Å². The second-order valence-electron chi connectivity index (χ2n) is 5.21. The summed E-state index contributed by atoms with van der Waals surface area (Å²) in [5.41, 5.74) is 4.73. The second kappa shape index (κ2) is 7.27. The molecule has 7 nitrogen and oxygen atoms in total. The SMILES string of the molecule is Cc1ccc(-c2ccc(/C=N\Nc3ccc([N+](=O)[O-])cn3)o2)c(Br)c1. The van der Waals surface area contributed by atoms with Crippen LogP contribution in [0, 0.1) is 17.0 Å². The molecule has 0 aliphatic heterocycles. The van der Waals surface area contributed by atoms with Crippen molar-refractivity contribution in [3.05, 3.63) is 74.6 Å². The van der Waals surface area contributed by atoms with Gasteiger partial charge in [0.2, 0.25) is 0 Å². The minimum Gasteiger partial charge on any atom is -0.455 e. The molecule has 0 spiro atoms. The van der Waals surface area contributed by atoms with E-state index < -0.39 is 4.92 Å². The molecule has 8 heteroatoms. The Bertz CT molecular complexity index is 935. The topological polar surface area (TPSA) is 93.6 Å². The molecule has 0 bridgehead atoms. The van der Waals surface area contributed by atoms with Gasteiger partial charge in [-0.25, -0.2) is 4.98 Å². The summed E-state index contributed by atoms with van der Waals surface area (Å²) < 4.78 is 6.71. The molecule has 0 fully saturated rings. The largest absolute Gasteiger partial charge is 0.455 e. The van der Waals surface area contributed by atoms with Gasteiger partial charge in [-0.15, -0.1) is 0 Å². The van der Waals surface area contributed by atoms with Crippen molar-refractivity contribution in [1.29, 1.82) is 0 Å². The minimum atomic E-state index is -0.506. The summed E-state index contributed by atoms with van der Waals surface area (Å²) in [7, 11) is 0. The highest BCUT2D eigenvalue weighted by Gasteiger charge is 2.08. The van der Waals surface area contributed by atoms with Crippen LogP contribution in [0.3, 0.4) is 0 Å². The lowest BCUT2D eigenvalue weighted by molar-refractivity contribution is -0.385. The predicted octanol–water partition coefficient (Wildman–Crippen LogP) is 4.77. The summed E-state index contributed by atoms with van der Waals surface area (Å²) in [6.07, 6.45) is 2.67. The van der Waals surface area contributed by atoms with Crippen LogP contribution in [0.4, 0.5) is 11.5 Å². The Morgan fingerprint density at radius 3 is 2.80 bits per heavy atom. The van der Waals surface area contributed by atoms with Crippen LogP contribution in [0.5, 0.6) is 0 Å². The molecule has 2 aromatic heterocycles. The van der Waals surface area contributed by atoms with Crippen molar-refractivity contribution in [2.75, 3.05) is 5.43 Å². The number of benzene rings is 1. The molecule has 0 radical (unpaired) electrons. The monoisotopic (exact) mass is 400 g/mol. The Morgan fingerprint density at radius 1 is 1.28 bits per heavy atom. The van der Waals surface area contributed by atoms with Crippen LogP contribution in [0.1, 0.15) is 11.3 Å². The highest BCUT2D eigenvalue weighted by atomic mass is 79.9. The Morgan fingerprint density at radius 2 is 2.12 bits per heavy atom. The van der Waals surface area contributed by atoms with Crippen molar-refractivity contribution >= 4 is 33.6 Å². The fourth-order valence-corrected chi connectivity index (χ4v) is 2.80. The summed E-state index contributed by atoms with van der Waals surface area (Å²) in [6, 6.07) is 12.5. The van der Waals surface area contributed by atoms with Gasteiger partial charge in [0, 0.05) is 16.1 Å². The number of nitrogens with one attached hydrogen (secondary N) is 1. The number of aromatic nitrogens is 1. The van der Waals surface area contributed by atoms with Gasteiger partial charge < -0.3 is 4.42 Å². The third-order valence-corrected chi connectivity index (χ3v) is 4.00. The molecule has 0 unspecified atom stereocenters. The van der Waals surface area contributed by atoms with Gasteiger partial charge in [-0.05, 0) is 42.8 Å². The van der Waals surface area contributed by atoms with Crippen LogP contribution in [-0.2, 0) is 0 Å². The first-order chi connectivity index (χ1) is 12.0. The lowest BCUT2D eigenvalue weighted by Gasteiger charge is -2.02. The molecular weight excluding hydrogens is 388 g/mol. The number of nitrogens with zero attached hydrogens (tertiary/aromatic N) is 3. The quantitative estimate of drug-likeness (QED) is 0.378. The van der Waals surface area contributed by atoms with Gasteiger partial charge in [0.25, 0.3) is 5.69 Å². The van der Waals surface area contributed by atoms with E-state index in [1.165, 1.54) is 18.3 Å². The first-order valence-corrected chi connectivity index (χ1v) is 8.08. The first-order valence-electron chi connectivity index (χ1n) is 7.29. The average molecular weight is 401 g/mol. The van der Waals surface area contributed by atoms with Gasteiger partial charge in [0.15, 0.2) is 0 Å². The normalized spacial score (nSPS) is 11.0. The number of rotatable bonds is 5. The zero-order chi connectivity index (χ0) is 17.8. The molecule has 25 heavy (non-hydrogen) atoms.